The molecule has 3 atom stereocenters. The van der Waals surface area contributed by atoms with Gasteiger partial charge in [-0.25, -0.2) is 0 Å². The van der Waals surface area contributed by atoms with Gasteiger partial charge in [0, 0.05) is 12.8 Å². The molecule has 0 saturated carbocycles. The minimum atomic E-state index is -0.820. The Labute approximate surface area is 375 Å². The van der Waals surface area contributed by atoms with E-state index in [9.17, 15) is 19.8 Å². The zero-order valence-corrected chi connectivity index (χ0v) is 39.2. The van der Waals surface area contributed by atoms with Crippen molar-refractivity contribution in [2.24, 2.45) is 0 Å². The molecule has 0 fully saturated rings. The van der Waals surface area contributed by atoms with Crippen LogP contribution < -0.4 is 5.32 Å². The molecule has 0 radical (unpaired) electrons. The monoisotopic (exact) mass is 846 g/mol. The van der Waals surface area contributed by atoms with Crippen LogP contribution in [0.4, 0.5) is 0 Å². The lowest BCUT2D eigenvalue weighted by Crippen LogP contribution is -2.46. The summed E-state index contributed by atoms with van der Waals surface area (Å²) in [6.07, 6.45) is 64.4. The quantitative estimate of drug-likeness (QED) is 0.0246. The molecule has 0 aliphatic rings. The molecule has 0 aliphatic carbocycles. The van der Waals surface area contributed by atoms with E-state index in [0.29, 0.717) is 19.3 Å². The lowest BCUT2D eigenvalue weighted by atomic mass is 10.0. The first-order chi connectivity index (χ1) is 30.0. The maximum Gasteiger partial charge on any atom is 0.306 e. The van der Waals surface area contributed by atoms with Crippen molar-refractivity contribution < 1.29 is 24.5 Å². The van der Waals surface area contributed by atoms with Crippen molar-refractivity contribution in [3.63, 3.8) is 0 Å². The summed E-state index contributed by atoms with van der Waals surface area (Å²) in [7, 11) is 0. The molecule has 0 aliphatic heterocycles. The number of hydrogen-bond acceptors (Lipinski definition) is 5. The number of carbonyl (C=O) groups is 2. The van der Waals surface area contributed by atoms with Gasteiger partial charge < -0.3 is 20.3 Å². The summed E-state index contributed by atoms with van der Waals surface area (Å²) >= 11 is 0. The second-order valence-electron chi connectivity index (χ2n) is 16.3. The second-order valence-corrected chi connectivity index (χ2v) is 16.3. The number of hydrogen-bond donors (Lipinski definition) is 3. The topological polar surface area (TPSA) is 95.9 Å². The van der Waals surface area contributed by atoms with Crippen molar-refractivity contribution in [3.8, 4) is 0 Å². The molecule has 6 heteroatoms. The van der Waals surface area contributed by atoms with Crippen LogP contribution in [0.2, 0.25) is 0 Å². The van der Waals surface area contributed by atoms with Crippen molar-refractivity contribution >= 4 is 11.9 Å². The normalized spacial score (nSPS) is 14.2. The van der Waals surface area contributed by atoms with Gasteiger partial charge in [0.25, 0.3) is 0 Å². The Hall–Kier alpha value is -3.48. The SMILES string of the molecule is CCC/C=C/C=C/C=C/C=C/C=C/CCCCCCCC(=O)OC(C/C=C\C/C=C\C/C=C\C/C=C\CCCCC)CC(=O)NC(CO)C(O)CCCCCCCCCCC. The molecule has 0 saturated heterocycles. The molecule has 1 amide bonds. The number of nitrogens with one attached hydrogen (secondary N) is 1. The van der Waals surface area contributed by atoms with Crippen molar-refractivity contribution in [3.05, 3.63) is 109 Å². The molecule has 0 aromatic rings. The van der Waals surface area contributed by atoms with Gasteiger partial charge >= 0.3 is 5.97 Å². The predicted molar refractivity (Wildman–Crippen MR) is 263 cm³/mol. The maximum absolute atomic E-state index is 13.1. The summed E-state index contributed by atoms with van der Waals surface area (Å²) in [5.41, 5.74) is 0. The Bertz CT molecular complexity index is 1270. The van der Waals surface area contributed by atoms with Gasteiger partial charge in [0.05, 0.1) is 25.2 Å². The molecule has 3 N–H and O–H groups in total. The van der Waals surface area contributed by atoms with E-state index in [2.05, 4.69) is 99.0 Å². The molecule has 0 rings (SSSR count). The number of amides is 1. The standard InChI is InChI=1S/C55H91NO5/c1-4-7-10-13-16-19-21-23-25-26-27-29-31-33-36-39-42-45-48-55(60)61-51(46-43-40-37-35-32-30-28-24-22-20-17-14-11-8-5-2)49-54(59)56-52(50-57)53(58)47-44-41-38-34-18-15-12-9-6-3/h10,13,16-17,19-21,23-29,32,35,40,43,51-53,57-58H,4-9,11-12,14-15,18,22,30-31,33-34,36-39,41-42,44-50H2,1-3H3,(H,56,59)/b13-10+,19-16+,20-17-,23-21+,26-25+,28-24-,29-27+,35-32-,43-40-. The number of carbonyl (C=O) groups excluding carboxylic acids is 2. The van der Waals surface area contributed by atoms with E-state index in [4.69, 9.17) is 4.74 Å². The summed E-state index contributed by atoms with van der Waals surface area (Å²) in [6, 6.07) is -0.742. The van der Waals surface area contributed by atoms with Crippen LogP contribution in [0.3, 0.4) is 0 Å². The smallest absolute Gasteiger partial charge is 0.306 e. The number of unbranched alkanes of at least 4 members (excludes halogenated alkanes) is 17. The molecule has 3 unspecified atom stereocenters. The van der Waals surface area contributed by atoms with Crippen LogP contribution in [-0.2, 0) is 14.3 Å². The Morgan fingerprint density at radius 2 is 0.967 bits per heavy atom. The van der Waals surface area contributed by atoms with Crippen molar-refractivity contribution in [2.45, 2.75) is 219 Å². The van der Waals surface area contributed by atoms with Crippen molar-refractivity contribution in [2.75, 3.05) is 6.61 Å². The molecule has 61 heavy (non-hydrogen) atoms. The van der Waals surface area contributed by atoms with Crippen LogP contribution in [0, 0.1) is 0 Å². The summed E-state index contributed by atoms with van der Waals surface area (Å²) in [5.74, 6) is -0.618. The fourth-order valence-corrected chi connectivity index (χ4v) is 6.67. The average Bonchev–Trinajstić information content (AvgIpc) is 3.25. The fourth-order valence-electron chi connectivity index (χ4n) is 6.67. The highest BCUT2D eigenvalue weighted by atomic mass is 16.5. The van der Waals surface area contributed by atoms with Gasteiger partial charge in [-0.2, -0.15) is 0 Å². The van der Waals surface area contributed by atoms with Crippen molar-refractivity contribution in [1.29, 1.82) is 0 Å². The Morgan fingerprint density at radius 3 is 1.56 bits per heavy atom. The van der Waals surface area contributed by atoms with Crippen molar-refractivity contribution in [1.82, 2.24) is 5.32 Å². The van der Waals surface area contributed by atoms with Gasteiger partial charge in [-0.05, 0) is 64.2 Å². The molecule has 346 valence electrons. The number of allylic oxidation sites excluding steroid dienone is 17. The van der Waals surface area contributed by atoms with Gasteiger partial charge in [-0.3, -0.25) is 9.59 Å². The largest absolute Gasteiger partial charge is 0.461 e. The molecular weight excluding hydrogens is 755 g/mol. The van der Waals surface area contributed by atoms with Crippen LogP contribution in [0.5, 0.6) is 0 Å². The summed E-state index contributed by atoms with van der Waals surface area (Å²) in [5, 5.41) is 23.6. The Kier molecular flexibility index (Phi) is 44.9. The maximum atomic E-state index is 13.1. The fraction of sp³-hybridized carbons (Fsp3) is 0.636. The van der Waals surface area contributed by atoms with Gasteiger partial charge in [-0.15, -0.1) is 0 Å². The van der Waals surface area contributed by atoms with E-state index in [-0.39, 0.29) is 24.9 Å². The number of aliphatic hydroxyl groups excluding tert-OH is 2. The highest BCUT2D eigenvalue weighted by Crippen LogP contribution is 2.15. The van der Waals surface area contributed by atoms with Gasteiger partial charge in [0.1, 0.15) is 6.10 Å². The number of rotatable bonds is 42. The molecular formula is C55H91NO5. The van der Waals surface area contributed by atoms with E-state index in [1.54, 1.807) is 0 Å². The van der Waals surface area contributed by atoms with E-state index in [0.717, 1.165) is 89.9 Å². The highest BCUT2D eigenvalue weighted by molar-refractivity contribution is 5.77. The van der Waals surface area contributed by atoms with Crippen LogP contribution >= 0.6 is 0 Å². The first-order valence-corrected chi connectivity index (χ1v) is 24.7. The van der Waals surface area contributed by atoms with Gasteiger partial charge in [-0.1, -0.05) is 226 Å². The first-order valence-electron chi connectivity index (χ1n) is 24.7. The van der Waals surface area contributed by atoms with Crippen LogP contribution in [0.1, 0.15) is 201 Å². The molecule has 6 nitrogen and oxygen atoms in total. The molecule has 0 aromatic carbocycles. The minimum absolute atomic E-state index is 0.0161. The number of aliphatic hydroxyl groups is 2. The third-order valence-electron chi connectivity index (χ3n) is 10.4. The Balaban J connectivity index is 4.80. The van der Waals surface area contributed by atoms with E-state index >= 15 is 0 Å². The molecule has 0 aromatic heterocycles. The summed E-state index contributed by atoms with van der Waals surface area (Å²) in [4.78, 5) is 26.0. The number of esters is 1. The molecule has 0 bridgehead atoms. The Morgan fingerprint density at radius 1 is 0.508 bits per heavy atom. The molecule has 0 heterocycles. The summed E-state index contributed by atoms with van der Waals surface area (Å²) in [6.45, 7) is 6.29. The van der Waals surface area contributed by atoms with Crippen LogP contribution in [0.25, 0.3) is 0 Å². The van der Waals surface area contributed by atoms with E-state index < -0.39 is 18.2 Å². The van der Waals surface area contributed by atoms with E-state index in [1.165, 1.54) is 64.2 Å². The predicted octanol–water partition coefficient (Wildman–Crippen LogP) is 14.7. The average molecular weight is 846 g/mol. The lowest BCUT2D eigenvalue weighted by molar-refractivity contribution is -0.150. The number of ether oxygens (including phenoxy) is 1. The van der Waals surface area contributed by atoms with Crippen LogP contribution in [-0.4, -0.2) is 46.9 Å². The first kappa shape index (κ1) is 57.5. The van der Waals surface area contributed by atoms with Crippen LogP contribution in [0.15, 0.2) is 109 Å². The minimum Gasteiger partial charge on any atom is -0.461 e. The second kappa shape index (κ2) is 47.6. The van der Waals surface area contributed by atoms with Gasteiger partial charge in [0.15, 0.2) is 0 Å². The third kappa shape index (κ3) is 43.0. The lowest BCUT2D eigenvalue weighted by Gasteiger charge is -2.24. The molecule has 0 spiro atoms. The zero-order valence-electron chi connectivity index (χ0n) is 39.2. The van der Waals surface area contributed by atoms with Gasteiger partial charge in [0.2, 0.25) is 5.91 Å². The van der Waals surface area contributed by atoms with E-state index in [1.807, 2.05) is 36.5 Å². The third-order valence-corrected chi connectivity index (χ3v) is 10.4. The summed E-state index contributed by atoms with van der Waals surface area (Å²) < 4.78 is 5.85. The highest BCUT2D eigenvalue weighted by Gasteiger charge is 2.23. The zero-order chi connectivity index (χ0) is 44.5.